The van der Waals surface area contributed by atoms with E-state index in [1.807, 2.05) is 24.3 Å². The van der Waals surface area contributed by atoms with Gasteiger partial charge in [0.15, 0.2) is 0 Å². The van der Waals surface area contributed by atoms with Crippen molar-refractivity contribution in [3.05, 3.63) is 70.7 Å². The fourth-order valence-corrected chi connectivity index (χ4v) is 3.84. The van der Waals surface area contributed by atoms with Crippen molar-refractivity contribution >= 4 is 33.0 Å². The summed E-state index contributed by atoms with van der Waals surface area (Å²) in [6, 6.07) is 14.2. The molecule has 4 nitrogen and oxygen atoms in total. The van der Waals surface area contributed by atoms with E-state index in [2.05, 4.69) is 4.98 Å². The topological polar surface area (TPSA) is 60.2 Å². The van der Waals surface area contributed by atoms with Crippen LogP contribution in [0.1, 0.15) is 10.6 Å². The van der Waals surface area contributed by atoms with E-state index in [9.17, 15) is 9.50 Å². The number of thiazole rings is 1. The van der Waals surface area contributed by atoms with Crippen LogP contribution in [0.4, 0.5) is 4.39 Å². The van der Waals surface area contributed by atoms with Gasteiger partial charge in [-0.3, -0.25) is 5.41 Å². The first-order valence-electron chi connectivity index (χ1n) is 7.49. The SMILES string of the molecule is N=C1C(c2nc3ccccc3s2)=C(O)CN1Cc1ccccc1F. The summed E-state index contributed by atoms with van der Waals surface area (Å²) < 4.78 is 14.9. The number of fused-ring (bicyclic) bond motifs is 1. The van der Waals surface area contributed by atoms with Gasteiger partial charge in [-0.15, -0.1) is 11.3 Å². The molecule has 0 saturated heterocycles. The summed E-state index contributed by atoms with van der Waals surface area (Å²) in [5.74, 6) is -0.0246. The number of nitrogens with one attached hydrogen (secondary N) is 1. The van der Waals surface area contributed by atoms with Crippen LogP contribution in [0, 0.1) is 11.2 Å². The Labute approximate surface area is 142 Å². The lowest BCUT2D eigenvalue weighted by molar-refractivity contribution is 0.344. The van der Waals surface area contributed by atoms with Crippen LogP contribution < -0.4 is 0 Å². The molecule has 0 aliphatic carbocycles. The van der Waals surface area contributed by atoms with E-state index in [-0.39, 0.29) is 30.5 Å². The first-order chi connectivity index (χ1) is 11.6. The van der Waals surface area contributed by atoms with Crippen LogP contribution in [0.25, 0.3) is 15.8 Å². The number of hydrogen-bond acceptors (Lipinski definition) is 4. The molecule has 6 heteroatoms. The molecule has 2 aromatic carbocycles. The highest BCUT2D eigenvalue weighted by atomic mass is 32.1. The second-order valence-electron chi connectivity index (χ2n) is 5.60. The Morgan fingerprint density at radius 3 is 2.71 bits per heavy atom. The molecule has 0 atom stereocenters. The third kappa shape index (κ3) is 2.45. The van der Waals surface area contributed by atoms with Crippen LogP contribution in [0.3, 0.4) is 0 Å². The number of hydrogen-bond donors (Lipinski definition) is 2. The van der Waals surface area contributed by atoms with E-state index in [4.69, 9.17) is 5.41 Å². The normalized spacial score (nSPS) is 14.9. The third-order valence-corrected chi connectivity index (χ3v) is 5.06. The number of halogens is 1. The van der Waals surface area contributed by atoms with Crippen LogP contribution in [0.2, 0.25) is 0 Å². The highest BCUT2D eigenvalue weighted by molar-refractivity contribution is 7.19. The Bertz CT molecular complexity index is 946. The van der Waals surface area contributed by atoms with Gasteiger partial charge in [0.2, 0.25) is 0 Å². The van der Waals surface area contributed by atoms with Crippen LogP contribution in [0.15, 0.2) is 54.3 Å². The molecule has 1 aliphatic heterocycles. The number of para-hydroxylation sites is 1. The predicted molar refractivity (Wildman–Crippen MR) is 93.7 cm³/mol. The molecular formula is C18H14FN3OS. The van der Waals surface area contributed by atoms with Gasteiger partial charge in [-0.2, -0.15) is 0 Å². The Kier molecular flexibility index (Phi) is 3.54. The molecule has 3 aromatic rings. The first kappa shape index (κ1) is 14.8. The van der Waals surface area contributed by atoms with Gasteiger partial charge in [-0.05, 0) is 18.2 Å². The van der Waals surface area contributed by atoms with Crippen molar-refractivity contribution in [1.82, 2.24) is 9.88 Å². The van der Waals surface area contributed by atoms with Crippen molar-refractivity contribution < 1.29 is 9.50 Å². The summed E-state index contributed by atoms with van der Waals surface area (Å²) in [5.41, 5.74) is 1.78. The van der Waals surface area contributed by atoms with Crippen molar-refractivity contribution in [3.63, 3.8) is 0 Å². The molecular weight excluding hydrogens is 325 g/mol. The second kappa shape index (κ2) is 5.72. The molecule has 0 bridgehead atoms. The van der Waals surface area contributed by atoms with E-state index >= 15 is 0 Å². The zero-order chi connectivity index (χ0) is 16.7. The fraction of sp³-hybridized carbons (Fsp3) is 0.111. The number of rotatable bonds is 3. The van der Waals surface area contributed by atoms with Crippen LogP contribution in [-0.4, -0.2) is 27.4 Å². The zero-order valence-electron chi connectivity index (χ0n) is 12.7. The maximum Gasteiger partial charge on any atom is 0.135 e. The van der Waals surface area contributed by atoms with Crippen molar-refractivity contribution in [3.8, 4) is 0 Å². The van der Waals surface area contributed by atoms with Crippen molar-refractivity contribution in [1.29, 1.82) is 5.41 Å². The summed E-state index contributed by atoms with van der Waals surface area (Å²) in [5, 5.41) is 19.3. The number of amidine groups is 1. The fourth-order valence-electron chi connectivity index (χ4n) is 2.80. The van der Waals surface area contributed by atoms with E-state index < -0.39 is 0 Å². The minimum Gasteiger partial charge on any atom is -0.510 e. The van der Waals surface area contributed by atoms with E-state index in [1.165, 1.54) is 17.4 Å². The molecule has 120 valence electrons. The maximum atomic E-state index is 13.8. The van der Waals surface area contributed by atoms with Crippen LogP contribution in [0.5, 0.6) is 0 Å². The van der Waals surface area contributed by atoms with Crippen molar-refractivity contribution in [2.45, 2.75) is 6.54 Å². The molecule has 0 spiro atoms. The van der Waals surface area contributed by atoms with Gasteiger partial charge in [-0.1, -0.05) is 30.3 Å². The van der Waals surface area contributed by atoms with Crippen LogP contribution in [-0.2, 0) is 6.54 Å². The molecule has 0 saturated carbocycles. The molecule has 2 N–H and O–H groups in total. The van der Waals surface area contributed by atoms with E-state index in [0.717, 1.165) is 10.2 Å². The molecule has 2 heterocycles. The summed E-state index contributed by atoms with van der Waals surface area (Å²) >= 11 is 1.44. The lowest BCUT2D eigenvalue weighted by atomic mass is 10.2. The minimum atomic E-state index is -0.307. The molecule has 0 amide bonds. The molecule has 0 radical (unpaired) electrons. The monoisotopic (exact) mass is 339 g/mol. The molecule has 0 fully saturated rings. The number of benzene rings is 2. The smallest absolute Gasteiger partial charge is 0.135 e. The van der Waals surface area contributed by atoms with Gasteiger partial charge < -0.3 is 10.0 Å². The lowest BCUT2D eigenvalue weighted by Gasteiger charge is -2.18. The second-order valence-corrected chi connectivity index (χ2v) is 6.64. The average molecular weight is 339 g/mol. The van der Waals surface area contributed by atoms with Gasteiger partial charge in [-0.25, -0.2) is 9.37 Å². The maximum absolute atomic E-state index is 13.8. The van der Waals surface area contributed by atoms with Gasteiger partial charge in [0, 0.05) is 12.1 Å². The Balaban J connectivity index is 1.64. The number of aliphatic hydroxyl groups is 1. The average Bonchev–Trinajstić information content (AvgIpc) is 3.10. The Morgan fingerprint density at radius 1 is 1.17 bits per heavy atom. The number of aliphatic hydroxyl groups excluding tert-OH is 1. The Morgan fingerprint density at radius 2 is 1.92 bits per heavy atom. The third-order valence-electron chi connectivity index (χ3n) is 4.01. The highest BCUT2D eigenvalue weighted by Crippen LogP contribution is 2.33. The molecule has 24 heavy (non-hydrogen) atoms. The van der Waals surface area contributed by atoms with Crippen molar-refractivity contribution in [2.75, 3.05) is 6.54 Å². The lowest BCUT2D eigenvalue weighted by Crippen LogP contribution is -2.26. The molecule has 0 unspecified atom stereocenters. The largest absolute Gasteiger partial charge is 0.510 e. The van der Waals surface area contributed by atoms with Gasteiger partial charge >= 0.3 is 0 Å². The summed E-state index contributed by atoms with van der Waals surface area (Å²) in [6.07, 6.45) is 0. The molecule has 1 aliphatic rings. The number of nitrogens with zero attached hydrogens (tertiary/aromatic N) is 2. The minimum absolute atomic E-state index is 0.107. The van der Waals surface area contributed by atoms with Gasteiger partial charge in [0.25, 0.3) is 0 Å². The van der Waals surface area contributed by atoms with Crippen LogP contribution >= 0.6 is 11.3 Å². The summed E-state index contributed by atoms with van der Waals surface area (Å²) in [7, 11) is 0. The summed E-state index contributed by atoms with van der Waals surface area (Å²) in [6.45, 7) is 0.433. The molecule has 1 aromatic heterocycles. The first-order valence-corrected chi connectivity index (χ1v) is 8.30. The van der Waals surface area contributed by atoms with Gasteiger partial charge in [0.1, 0.15) is 22.4 Å². The predicted octanol–water partition coefficient (Wildman–Crippen LogP) is 4.20. The Hall–Kier alpha value is -2.73. The van der Waals surface area contributed by atoms with E-state index in [1.54, 1.807) is 23.1 Å². The van der Waals surface area contributed by atoms with Crippen molar-refractivity contribution in [2.24, 2.45) is 0 Å². The standard InChI is InChI=1S/C18H14FN3OS/c19-12-6-2-1-5-11(12)9-22-10-14(23)16(17(22)20)18-21-13-7-3-4-8-15(13)24-18/h1-8,20,23H,9-10H2. The molecule has 4 rings (SSSR count). The zero-order valence-corrected chi connectivity index (χ0v) is 13.5. The number of aromatic nitrogens is 1. The van der Waals surface area contributed by atoms with E-state index in [0.29, 0.717) is 16.1 Å². The highest BCUT2D eigenvalue weighted by Gasteiger charge is 2.30. The quantitative estimate of drug-likeness (QED) is 0.752. The summed E-state index contributed by atoms with van der Waals surface area (Å²) in [4.78, 5) is 6.16. The van der Waals surface area contributed by atoms with Gasteiger partial charge in [0.05, 0.1) is 22.3 Å².